The van der Waals surface area contributed by atoms with Crippen LogP contribution in [0.25, 0.3) is 11.1 Å². The molecule has 1 fully saturated rings. The number of piperidine rings is 1. The molecule has 6 heterocycles. The van der Waals surface area contributed by atoms with E-state index < -0.39 is 12.3 Å². The summed E-state index contributed by atoms with van der Waals surface area (Å²) in [6.45, 7) is 12.7. The van der Waals surface area contributed by atoms with Crippen molar-refractivity contribution in [2.24, 2.45) is 12.2 Å². The van der Waals surface area contributed by atoms with Crippen molar-refractivity contribution in [3.8, 4) is 11.1 Å². The van der Waals surface area contributed by atoms with Gasteiger partial charge in [-0.1, -0.05) is 0 Å². The summed E-state index contributed by atoms with van der Waals surface area (Å²) in [5, 5.41) is 24.6. The predicted octanol–water partition coefficient (Wildman–Crippen LogP) is 5.95. The van der Waals surface area contributed by atoms with Crippen molar-refractivity contribution in [3.63, 3.8) is 0 Å². The molecule has 23 nitrogen and oxygen atoms in total. The molecule has 3 aliphatic heterocycles. The van der Waals surface area contributed by atoms with Gasteiger partial charge in [0.1, 0.15) is 5.69 Å². The number of rotatable bonds is 29. The largest absolute Gasteiger partial charge is 0.383 e. The van der Waals surface area contributed by atoms with Crippen molar-refractivity contribution in [2.45, 2.75) is 71.9 Å². The molecule has 0 aliphatic carbocycles. The fourth-order valence-corrected chi connectivity index (χ4v) is 10.8. The number of anilines is 5. The van der Waals surface area contributed by atoms with Gasteiger partial charge in [-0.05, 0) is 83.7 Å². The number of carbonyl (C=O) groups excluding carboxylic acids is 4. The maximum Gasteiger partial charge on any atom is 0.341 e. The lowest BCUT2D eigenvalue weighted by atomic mass is 9.92. The number of ether oxygens (including phenoxy) is 5. The lowest BCUT2D eigenvalue weighted by molar-refractivity contribution is -0.363. The Labute approximate surface area is 466 Å². The molecule has 3 aromatic heterocycles. The maximum absolute atomic E-state index is 14.7. The molecule has 0 unspecified atom stereocenters. The summed E-state index contributed by atoms with van der Waals surface area (Å²) < 4.78 is 61.2. The van der Waals surface area contributed by atoms with Crippen molar-refractivity contribution in [2.75, 3.05) is 133 Å². The summed E-state index contributed by atoms with van der Waals surface area (Å²) in [7, 11) is 1.77. The van der Waals surface area contributed by atoms with Crippen molar-refractivity contribution in [3.05, 3.63) is 81.3 Å². The van der Waals surface area contributed by atoms with E-state index >= 15 is 0 Å². The van der Waals surface area contributed by atoms with Crippen molar-refractivity contribution < 1.29 is 56.6 Å². The monoisotopic (exact) mass is 1130 g/mol. The Bertz CT molecular complexity index is 2930. The summed E-state index contributed by atoms with van der Waals surface area (Å²) in [5.74, 6) is -0.167. The zero-order valence-electron chi connectivity index (χ0n) is 45.8. The van der Waals surface area contributed by atoms with Gasteiger partial charge in [0.2, 0.25) is 22.7 Å². The molecular formula is C54H72F2N13O10S+. The number of fused-ring (bicyclic) bond motifs is 2. The molecule has 80 heavy (non-hydrogen) atoms. The highest BCUT2D eigenvalue weighted by Gasteiger charge is 2.35. The number of halogens is 2. The van der Waals surface area contributed by atoms with Gasteiger partial charge in [0.15, 0.2) is 5.82 Å². The Hall–Kier alpha value is -6.81. The zero-order chi connectivity index (χ0) is 56.5. The fraction of sp³-hybridized carbons (Fsp3) is 0.537. The van der Waals surface area contributed by atoms with Crippen LogP contribution in [0.1, 0.15) is 84.0 Å². The minimum Gasteiger partial charge on any atom is -0.383 e. The number of alkyl halides is 2. The summed E-state index contributed by atoms with van der Waals surface area (Å²) in [4.78, 5) is 70.3. The number of nitroso groups, excluding NO2 is 1. The summed E-state index contributed by atoms with van der Waals surface area (Å²) >= 11 is 1.02. The number of carbonyl (C=O) groups is 4. The van der Waals surface area contributed by atoms with Crippen LogP contribution in [0, 0.1) is 11.8 Å². The van der Waals surface area contributed by atoms with Gasteiger partial charge in [-0.25, -0.2) is 18.6 Å². The Morgan fingerprint density at radius 1 is 0.863 bits per heavy atom. The van der Waals surface area contributed by atoms with E-state index in [4.69, 9.17) is 28.8 Å². The number of benzene rings is 2. The molecule has 1 saturated heterocycles. The molecule has 8 rings (SSSR count). The molecule has 5 aromatic rings. The van der Waals surface area contributed by atoms with Gasteiger partial charge < -0.3 is 49.4 Å². The van der Waals surface area contributed by atoms with Crippen LogP contribution in [0.4, 0.5) is 41.8 Å². The van der Waals surface area contributed by atoms with E-state index in [1.54, 1.807) is 62.2 Å². The highest BCUT2D eigenvalue weighted by molar-refractivity contribution is 7.19. The highest BCUT2D eigenvalue weighted by Crippen LogP contribution is 2.44. The number of hydrogen-bond acceptors (Lipinski definition) is 17. The average molecular weight is 1130 g/mol. The number of hydrogen-bond donors (Lipinski definition) is 4. The van der Waals surface area contributed by atoms with E-state index in [-0.39, 0.29) is 46.4 Å². The third-order valence-electron chi connectivity index (χ3n) is 14.0. The van der Waals surface area contributed by atoms with Crippen molar-refractivity contribution in [1.29, 1.82) is 0 Å². The number of likely N-dealkylation sites (tertiary alicyclic amines) is 1. The molecule has 0 atom stereocenters. The van der Waals surface area contributed by atoms with E-state index in [0.717, 1.165) is 65.3 Å². The SMILES string of the molecule is CC(=O)Nc1cc(NCCOCCOCCOCCOCCOCCNC(=O)CN2CCC(n3nc(N4CCCc5cc(-c6cnn(C)c6)c(C(F)F)cc54)c4c3CCN(C(C)=O)C4)CC2)ccc1C(=O)Nc1[nH+]c(C)c(N=O)s1. The second-order valence-electron chi connectivity index (χ2n) is 19.7. The highest BCUT2D eigenvalue weighted by atomic mass is 32.1. The fourth-order valence-electron chi connectivity index (χ4n) is 10.1. The van der Waals surface area contributed by atoms with Crippen LogP contribution in [0.15, 0.2) is 47.9 Å². The van der Waals surface area contributed by atoms with Gasteiger partial charge in [-0.3, -0.25) is 28.6 Å². The zero-order valence-corrected chi connectivity index (χ0v) is 46.6. The lowest BCUT2D eigenvalue weighted by Gasteiger charge is -2.33. The average Bonchev–Trinajstić information content (AvgIpc) is 4.19. The number of aryl methyl sites for hydroxylation is 3. The molecule has 0 radical (unpaired) electrons. The number of nitrogens with one attached hydrogen (secondary N) is 5. The second-order valence-corrected chi connectivity index (χ2v) is 20.7. The Balaban J connectivity index is 0.655. The minimum absolute atomic E-state index is 0.0147. The molecule has 0 bridgehead atoms. The molecule has 0 spiro atoms. The van der Waals surface area contributed by atoms with Gasteiger partial charge in [-0.15, -0.1) is 4.91 Å². The Morgan fingerprint density at radius 2 is 1.55 bits per heavy atom. The standard InChI is InChI=1S/C54H71F2N13O10S/c1-35-53(64-74)80-54(60-35)62-52(73)42-8-7-40(29-46(42)61-36(2)70)57-12-18-75-20-22-77-24-26-79-27-25-78-23-21-76-19-13-58-49(72)34-66-15-9-41(10-16-66)69-47-11-17-67(37(3)71)33-45(47)51(63-69)68-14-5-6-38-28-43(39-31-59-65(4)32-39)44(50(55)56)30-48(38)68/h7-8,28-32,41,50,57H,5-6,9-27,33-34H2,1-4H3,(H,58,72)(H,61,70)(H,60,62,73)/p+1. The number of aromatic nitrogens is 5. The van der Waals surface area contributed by atoms with Crippen LogP contribution >= 0.6 is 11.3 Å². The number of amides is 4. The van der Waals surface area contributed by atoms with E-state index in [9.17, 15) is 32.9 Å². The topological polar surface area (TPSA) is 251 Å². The van der Waals surface area contributed by atoms with E-state index in [0.29, 0.717) is 152 Å². The normalized spacial score (nSPS) is 14.7. The van der Waals surface area contributed by atoms with Crippen LogP contribution in [0.5, 0.6) is 0 Å². The first-order chi connectivity index (χ1) is 38.8. The molecule has 5 N–H and O–H groups in total. The van der Waals surface area contributed by atoms with Gasteiger partial charge in [0, 0.05) is 113 Å². The summed E-state index contributed by atoms with van der Waals surface area (Å²) in [6, 6.07) is 8.56. The summed E-state index contributed by atoms with van der Waals surface area (Å²) in [6.07, 6.45) is 4.48. The molecule has 432 valence electrons. The second kappa shape index (κ2) is 29.1. The first-order valence-electron chi connectivity index (χ1n) is 27.0. The van der Waals surface area contributed by atoms with Gasteiger partial charge >= 0.3 is 11.0 Å². The third-order valence-corrected chi connectivity index (χ3v) is 15.0. The Kier molecular flexibility index (Phi) is 21.6. The van der Waals surface area contributed by atoms with Gasteiger partial charge in [0.25, 0.3) is 6.43 Å². The number of thiazole rings is 1. The summed E-state index contributed by atoms with van der Waals surface area (Å²) in [5.41, 5.74) is 6.63. The van der Waals surface area contributed by atoms with E-state index in [1.807, 2.05) is 11.0 Å². The molecular weight excluding hydrogens is 1060 g/mol. The van der Waals surface area contributed by atoms with Crippen molar-refractivity contribution in [1.82, 2.24) is 34.7 Å². The van der Waals surface area contributed by atoms with Crippen LogP contribution in [0.2, 0.25) is 0 Å². The van der Waals surface area contributed by atoms with Crippen LogP contribution in [0.3, 0.4) is 0 Å². The molecule has 3 aliphatic rings. The molecule has 4 amide bonds. The third kappa shape index (κ3) is 16.0. The smallest absolute Gasteiger partial charge is 0.341 e. The van der Waals surface area contributed by atoms with E-state index in [1.165, 1.54) is 6.92 Å². The molecule has 26 heteroatoms. The maximum atomic E-state index is 14.7. The van der Waals surface area contributed by atoms with Crippen molar-refractivity contribution >= 4 is 68.0 Å². The minimum atomic E-state index is -2.69. The first-order valence-corrected chi connectivity index (χ1v) is 27.9. The molecule has 0 saturated carbocycles. The number of nitrogens with zero attached hydrogens (tertiary/aromatic N) is 8. The lowest BCUT2D eigenvalue weighted by Crippen LogP contribution is -2.43. The predicted molar refractivity (Wildman–Crippen MR) is 296 cm³/mol. The molecule has 2 aromatic carbocycles. The van der Waals surface area contributed by atoms with Gasteiger partial charge in [-0.2, -0.15) is 15.5 Å². The quantitative estimate of drug-likeness (QED) is 0.0319. The van der Waals surface area contributed by atoms with E-state index in [2.05, 4.69) is 51.0 Å². The Morgan fingerprint density at radius 3 is 2.17 bits per heavy atom. The van der Waals surface area contributed by atoms with Gasteiger partial charge in [0.05, 0.1) is 103 Å². The van der Waals surface area contributed by atoms with Crippen LogP contribution in [-0.2, 0) is 64.5 Å². The van der Waals surface area contributed by atoms with Crippen LogP contribution in [-0.4, -0.2) is 165 Å². The first kappa shape index (κ1) is 59.3. The number of aromatic amines is 1. The van der Waals surface area contributed by atoms with Crippen LogP contribution < -0.4 is 31.2 Å². The number of H-pyrrole nitrogens is 1.